The van der Waals surface area contributed by atoms with Crippen molar-refractivity contribution in [3.8, 4) is 0 Å². The van der Waals surface area contributed by atoms with E-state index in [0.717, 1.165) is 25.7 Å². The lowest BCUT2D eigenvalue weighted by molar-refractivity contribution is -0.887. The van der Waals surface area contributed by atoms with Crippen LogP contribution in [0.4, 0.5) is 0 Å². The molecule has 0 aromatic carbocycles. The number of ether oxygens (including phenoxy) is 3. The maximum atomic E-state index is 12.4. The van der Waals surface area contributed by atoms with Crippen molar-refractivity contribution < 1.29 is 38.2 Å². The zero-order valence-corrected chi connectivity index (χ0v) is 27.6. The van der Waals surface area contributed by atoms with Gasteiger partial charge in [0.1, 0.15) is 6.61 Å². The fourth-order valence-electron chi connectivity index (χ4n) is 3.77. The molecule has 8 nitrogen and oxygen atoms in total. The molecule has 0 spiro atoms. The van der Waals surface area contributed by atoms with Crippen LogP contribution in [0.5, 0.6) is 0 Å². The van der Waals surface area contributed by atoms with Crippen molar-refractivity contribution in [2.45, 2.75) is 83.8 Å². The molecule has 246 valence electrons. The number of carbonyl (C=O) groups is 3. The van der Waals surface area contributed by atoms with E-state index < -0.39 is 24.1 Å². The van der Waals surface area contributed by atoms with Crippen LogP contribution in [0.1, 0.15) is 71.6 Å². The molecular weight excluding hydrogens is 558 g/mol. The second-order valence-corrected chi connectivity index (χ2v) is 11.1. The van der Waals surface area contributed by atoms with Crippen molar-refractivity contribution in [2.24, 2.45) is 0 Å². The van der Waals surface area contributed by atoms with Crippen LogP contribution in [0.15, 0.2) is 85.1 Å². The summed E-state index contributed by atoms with van der Waals surface area (Å²) in [7, 11) is 5.44. The van der Waals surface area contributed by atoms with Crippen LogP contribution >= 0.6 is 0 Å². The Balaban J connectivity index is 4.69. The van der Waals surface area contributed by atoms with Gasteiger partial charge >= 0.3 is 17.9 Å². The molecule has 0 rings (SSSR count). The number of carbonyl (C=O) groups excluding carboxylic acids is 2. The molecule has 0 aliphatic heterocycles. The minimum atomic E-state index is -0.901. The lowest BCUT2D eigenvalue weighted by Crippen LogP contribution is -2.50. The third kappa shape index (κ3) is 25.0. The van der Waals surface area contributed by atoms with Crippen LogP contribution in [0.3, 0.4) is 0 Å². The number of quaternary nitrogens is 1. The number of likely N-dealkylation sites (N-methyl/N-ethyl adjacent to an activating group) is 1. The van der Waals surface area contributed by atoms with E-state index in [-0.39, 0.29) is 43.1 Å². The number of carboxylic acid groups (broad SMARTS) is 1. The van der Waals surface area contributed by atoms with Crippen LogP contribution in [-0.2, 0) is 28.6 Å². The van der Waals surface area contributed by atoms with E-state index in [2.05, 4.69) is 32.1 Å². The highest BCUT2D eigenvalue weighted by Gasteiger charge is 2.31. The fourth-order valence-corrected chi connectivity index (χ4v) is 3.77. The van der Waals surface area contributed by atoms with E-state index in [1.807, 2.05) is 88.0 Å². The molecule has 2 unspecified atom stereocenters. The van der Waals surface area contributed by atoms with Crippen molar-refractivity contribution in [3.63, 3.8) is 0 Å². The van der Waals surface area contributed by atoms with E-state index in [0.29, 0.717) is 19.3 Å². The molecule has 0 aromatic heterocycles. The number of carboxylic acids is 1. The van der Waals surface area contributed by atoms with E-state index in [4.69, 9.17) is 14.2 Å². The molecule has 8 heteroatoms. The first-order valence-corrected chi connectivity index (χ1v) is 15.7. The Morgan fingerprint density at radius 2 is 1.32 bits per heavy atom. The Morgan fingerprint density at radius 3 is 1.93 bits per heavy atom. The van der Waals surface area contributed by atoms with Gasteiger partial charge in [0.25, 0.3) is 0 Å². The molecule has 0 aliphatic carbocycles. The van der Waals surface area contributed by atoms with Crippen molar-refractivity contribution in [2.75, 3.05) is 41.0 Å². The predicted octanol–water partition coefficient (Wildman–Crippen LogP) is 7.06. The third-order valence-corrected chi connectivity index (χ3v) is 6.18. The first-order chi connectivity index (χ1) is 21.1. The van der Waals surface area contributed by atoms with E-state index in [1.54, 1.807) is 0 Å². The summed E-state index contributed by atoms with van der Waals surface area (Å²) in [4.78, 5) is 36.4. The smallest absolute Gasteiger partial charge is 0.362 e. The van der Waals surface area contributed by atoms with Crippen LogP contribution in [0.25, 0.3) is 0 Å². The molecule has 0 aromatic rings. The maximum absolute atomic E-state index is 12.4. The molecule has 0 saturated heterocycles. The van der Waals surface area contributed by atoms with E-state index in [1.165, 1.54) is 0 Å². The Bertz CT molecular complexity index is 996. The van der Waals surface area contributed by atoms with Crippen molar-refractivity contribution in [3.05, 3.63) is 85.1 Å². The average Bonchev–Trinajstić information content (AvgIpc) is 2.96. The van der Waals surface area contributed by atoms with Gasteiger partial charge in [0.15, 0.2) is 12.1 Å². The van der Waals surface area contributed by atoms with Gasteiger partial charge in [-0.05, 0) is 38.5 Å². The fraction of sp³-hybridized carbons (Fsp3) is 0.528. The maximum Gasteiger partial charge on any atom is 0.362 e. The van der Waals surface area contributed by atoms with Gasteiger partial charge in [-0.3, -0.25) is 9.59 Å². The highest BCUT2D eigenvalue weighted by atomic mass is 16.6. The third-order valence-electron chi connectivity index (χ3n) is 6.18. The largest absolute Gasteiger partial charge is 0.477 e. The minimum Gasteiger partial charge on any atom is -0.477 e. The number of unbranched alkanes of at least 4 members (excludes halogenated alkanes) is 1. The summed E-state index contributed by atoms with van der Waals surface area (Å²) in [6, 6.07) is -0.635. The summed E-state index contributed by atoms with van der Waals surface area (Å²) in [6.45, 7) is 4.23. The summed E-state index contributed by atoms with van der Waals surface area (Å²) < 4.78 is 16.9. The number of aliphatic carboxylic acids is 1. The SMILES string of the molecule is CC/C=C/C=C/C=C/C=C/C=C/CCCC(=O)OCC(COCCC(C(=O)O)[N+](C)(C)C)OC(=O)CC/C=C/C/C=C/CC. The van der Waals surface area contributed by atoms with Gasteiger partial charge in [0.05, 0.1) is 34.4 Å². The lowest BCUT2D eigenvalue weighted by atomic mass is 10.1. The molecular formula is C36H56NO7+. The topological polar surface area (TPSA) is 99.1 Å². The summed E-state index contributed by atoms with van der Waals surface area (Å²) in [5.41, 5.74) is 0. The van der Waals surface area contributed by atoms with Gasteiger partial charge in [-0.1, -0.05) is 98.9 Å². The van der Waals surface area contributed by atoms with Crippen LogP contribution < -0.4 is 0 Å². The number of rotatable bonds is 25. The Hall–Kier alpha value is -3.49. The summed E-state index contributed by atoms with van der Waals surface area (Å²) in [6.07, 6.45) is 32.6. The number of hydrogen-bond donors (Lipinski definition) is 1. The molecule has 0 heterocycles. The Labute approximate surface area is 265 Å². The number of esters is 2. The van der Waals surface area contributed by atoms with Crippen molar-refractivity contribution in [1.82, 2.24) is 0 Å². The molecule has 44 heavy (non-hydrogen) atoms. The average molecular weight is 615 g/mol. The van der Waals surface area contributed by atoms with Crippen LogP contribution in [0.2, 0.25) is 0 Å². The van der Waals surface area contributed by atoms with E-state index >= 15 is 0 Å². The van der Waals surface area contributed by atoms with Gasteiger partial charge in [-0.15, -0.1) is 0 Å². The second kappa shape index (κ2) is 27.1. The predicted molar refractivity (Wildman–Crippen MR) is 178 cm³/mol. The van der Waals surface area contributed by atoms with E-state index in [9.17, 15) is 19.5 Å². The van der Waals surface area contributed by atoms with Gasteiger partial charge < -0.3 is 23.8 Å². The number of nitrogens with zero attached hydrogens (tertiary/aromatic N) is 1. The quantitative estimate of drug-likeness (QED) is 0.0386. The summed E-state index contributed by atoms with van der Waals surface area (Å²) in [5, 5.41) is 9.52. The Morgan fingerprint density at radius 1 is 0.705 bits per heavy atom. The molecule has 1 N–H and O–H groups in total. The molecule has 0 amide bonds. The minimum absolute atomic E-state index is 0.00883. The zero-order chi connectivity index (χ0) is 32.9. The molecule has 0 fully saturated rings. The lowest BCUT2D eigenvalue weighted by Gasteiger charge is -2.31. The van der Waals surface area contributed by atoms with Gasteiger partial charge in [0, 0.05) is 19.3 Å². The molecule has 2 atom stereocenters. The van der Waals surface area contributed by atoms with Gasteiger partial charge in [0.2, 0.25) is 0 Å². The molecule has 0 radical (unpaired) electrons. The highest BCUT2D eigenvalue weighted by molar-refractivity contribution is 5.72. The molecule has 0 saturated carbocycles. The van der Waals surface area contributed by atoms with Gasteiger partial charge in [-0.25, -0.2) is 4.79 Å². The first kappa shape index (κ1) is 40.5. The normalized spacial score (nSPS) is 14.3. The zero-order valence-electron chi connectivity index (χ0n) is 27.6. The number of hydrogen-bond acceptors (Lipinski definition) is 6. The monoisotopic (exact) mass is 614 g/mol. The van der Waals surface area contributed by atoms with Crippen molar-refractivity contribution >= 4 is 17.9 Å². The first-order valence-electron chi connectivity index (χ1n) is 15.7. The Kier molecular flexibility index (Phi) is 24.9. The molecule has 0 aliphatic rings. The summed E-state index contributed by atoms with van der Waals surface area (Å²) in [5.74, 6) is -1.68. The second-order valence-electron chi connectivity index (χ2n) is 11.1. The number of allylic oxidation sites excluding steroid dienone is 14. The van der Waals surface area contributed by atoms with Crippen molar-refractivity contribution in [1.29, 1.82) is 0 Å². The van der Waals surface area contributed by atoms with Crippen LogP contribution in [0, 0.1) is 0 Å². The van der Waals surface area contributed by atoms with Gasteiger partial charge in [-0.2, -0.15) is 0 Å². The highest BCUT2D eigenvalue weighted by Crippen LogP contribution is 2.10. The standard InChI is InChI=1S/C36H55NO7/c1-6-8-10-12-14-15-16-17-18-19-21-22-24-26-34(38)43-31-32(30-42-29-28-33(36(40)41)37(3,4)5)44-35(39)27-25-23-20-13-11-9-7-2/h8-12,14-21,23,32-33H,6-7,13,22,24-31H2,1-5H3/p+1/b10-8+,11-9+,14-12+,16-15+,18-17+,21-19+,23-20+. The van der Waals surface area contributed by atoms with Crippen LogP contribution in [-0.4, -0.2) is 80.6 Å². The molecule has 0 bridgehead atoms. The summed E-state index contributed by atoms with van der Waals surface area (Å²) >= 11 is 0.